The Kier molecular flexibility index (Phi) is 4.96. The molecule has 0 atom stereocenters. The summed E-state index contributed by atoms with van der Waals surface area (Å²) in [4.78, 5) is 27.4. The van der Waals surface area contributed by atoms with Crippen molar-refractivity contribution in [1.82, 2.24) is 4.90 Å². The molecule has 112 valence electrons. The Morgan fingerprint density at radius 3 is 2.48 bits per heavy atom. The molecule has 0 unspecified atom stereocenters. The van der Waals surface area contributed by atoms with Gasteiger partial charge in [-0.1, -0.05) is 0 Å². The zero-order valence-corrected chi connectivity index (χ0v) is 13.3. The van der Waals surface area contributed by atoms with Gasteiger partial charge >= 0.3 is 0 Å². The highest BCUT2D eigenvalue weighted by molar-refractivity contribution is 7.14. The van der Waals surface area contributed by atoms with Gasteiger partial charge in [-0.25, -0.2) is 0 Å². The Hall–Kier alpha value is -1.88. The number of aryl methyl sites for hydroxylation is 2. The largest absolute Gasteiger partial charge is 0.464 e. The summed E-state index contributed by atoms with van der Waals surface area (Å²) in [6.45, 7) is 4.26. The van der Waals surface area contributed by atoms with E-state index in [0.29, 0.717) is 6.54 Å². The van der Waals surface area contributed by atoms with Crippen LogP contribution in [-0.2, 0) is 11.3 Å². The summed E-state index contributed by atoms with van der Waals surface area (Å²) in [5.41, 5.74) is 0. The summed E-state index contributed by atoms with van der Waals surface area (Å²) in [5.74, 6) is 1.56. The highest BCUT2D eigenvalue weighted by Crippen LogP contribution is 2.18. The van der Waals surface area contributed by atoms with Crippen LogP contribution in [0.15, 0.2) is 28.7 Å². The smallest absolute Gasteiger partial charge is 0.223 e. The van der Waals surface area contributed by atoms with Crippen molar-refractivity contribution in [3.05, 3.63) is 45.5 Å². The van der Waals surface area contributed by atoms with Crippen LogP contribution in [-0.4, -0.2) is 23.6 Å². The van der Waals surface area contributed by atoms with Crippen molar-refractivity contribution in [2.24, 2.45) is 0 Å². The van der Waals surface area contributed by atoms with Gasteiger partial charge in [-0.05, 0) is 38.1 Å². The van der Waals surface area contributed by atoms with E-state index < -0.39 is 0 Å². The first-order valence-corrected chi connectivity index (χ1v) is 7.66. The third-order valence-corrected chi connectivity index (χ3v) is 4.24. The van der Waals surface area contributed by atoms with E-state index in [-0.39, 0.29) is 24.5 Å². The topological polar surface area (TPSA) is 50.5 Å². The molecule has 0 spiro atoms. The fraction of sp³-hybridized carbons (Fsp3) is 0.375. The maximum Gasteiger partial charge on any atom is 0.223 e. The standard InChI is InChI=1S/C16H19NO3S/c1-11-4-6-13(20-11)10-17(3)16(19)9-7-14(18)15-8-5-12(2)21-15/h4-6,8H,7,9-10H2,1-3H3. The van der Waals surface area contributed by atoms with Gasteiger partial charge in [0.1, 0.15) is 11.5 Å². The Bertz CT molecular complexity index is 641. The van der Waals surface area contributed by atoms with Crippen LogP contribution in [0.1, 0.15) is 38.9 Å². The van der Waals surface area contributed by atoms with Crippen LogP contribution in [0.2, 0.25) is 0 Å². The number of amides is 1. The van der Waals surface area contributed by atoms with Crippen molar-refractivity contribution in [2.75, 3.05) is 7.05 Å². The molecule has 0 aliphatic carbocycles. The van der Waals surface area contributed by atoms with Crippen molar-refractivity contribution >= 4 is 23.0 Å². The number of furan rings is 1. The summed E-state index contributed by atoms with van der Waals surface area (Å²) in [7, 11) is 1.72. The van der Waals surface area contributed by atoms with Gasteiger partial charge in [0.2, 0.25) is 5.91 Å². The predicted molar refractivity (Wildman–Crippen MR) is 82.5 cm³/mol. The Labute approximate surface area is 128 Å². The number of ketones is 1. The lowest BCUT2D eigenvalue weighted by Gasteiger charge is -2.15. The summed E-state index contributed by atoms with van der Waals surface area (Å²) in [5, 5.41) is 0. The van der Waals surface area contributed by atoms with Crippen molar-refractivity contribution in [2.45, 2.75) is 33.2 Å². The molecule has 0 N–H and O–H groups in total. The lowest BCUT2D eigenvalue weighted by molar-refractivity contribution is -0.130. The van der Waals surface area contributed by atoms with Crippen LogP contribution in [0.5, 0.6) is 0 Å². The second kappa shape index (κ2) is 6.72. The molecule has 2 aromatic rings. The third-order valence-electron chi connectivity index (χ3n) is 3.20. The van der Waals surface area contributed by atoms with E-state index in [1.54, 1.807) is 11.9 Å². The molecule has 2 rings (SSSR count). The number of carbonyl (C=O) groups is 2. The molecular formula is C16H19NO3S. The molecular weight excluding hydrogens is 286 g/mol. The normalized spacial score (nSPS) is 10.6. The average molecular weight is 305 g/mol. The summed E-state index contributed by atoms with van der Waals surface area (Å²) >= 11 is 1.47. The van der Waals surface area contributed by atoms with Crippen molar-refractivity contribution in [3.8, 4) is 0 Å². The molecule has 0 saturated carbocycles. The van der Waals surface area contributed by atoms with E-state index in [1.165, 1.54) is 11.3 Å². The molecule has 21 heavy (non-hydrogen) atoms. The van der Waals surface area contributed by atoms with Gasteiger partial charge in [0.05, 0.1) is 11.4 Å². The van der Waals surface area contributed by atoms with Crippen molar-refractivity contribution in [1.29, 1.82) is 0 Å². The number of rotatable bonds is 6. The highest BCUT2D eigenvalue weighted by atomic mass is 32.1. The number of carbonyl (C=O) groups excluding carboxylic acids is 2. The molecule has 2 heterocycles. The molecule has 0 aromatic carbocycles. The maximum absolute atomic E-state index is 12.0. The van der Waals surface area contributed by atoms with Gasteiger partial charge in [0.25, 0.3) is 0 Å². The summed E-state index contributed by atoms with van der Waals surface area (Å²) in [6.07, 6.45) is 0.478. The molecule has 0 bridgehead atoms. The third kappa shape index (κ3) is 4.29. The van der Waals surface area contributed by atoms with Crippen molar-refractivity contribution in [3.63, 3.8) is 0 Å². The van der Waals surface area contributed by atoms with Crippen LogP contribution in [0, 0.1) is 13.8 Å². The minimum atomic E-state index is -0.0503. The zero-order chi connectivity index (χ0) is 15.4. The summed E-state index contributed by atoms with van der Waals surface area (Å²) in [6, 6.07) is 7.47. The van der Waals surface area contributed by atoms with Gasteiger partial charge in [-0.15, -0.1) is 11.3 Å². The minimum absolute atomic E-state index is 0.0312. The van der Waals surface area contributed by atoms with Gasteiger partial charge in [-0.2, -0.15) is 0 Å². The van der Waals surface area contributed by atoms with Gasteiger partial charge in [0, 0.05) is 24.8 Å². The Morgan fingerprint density at radius 2 is 1.90 bits per heavy atom. The molecule has 0 saturated heterocycles. The lowest BCUT2D eigenvalue weighted by Crippen LogP contribution is -2.26. The zero-order valence-electron chi connectivity index (χ0n) is 12.5. The Balaban J connectivity index is 1.82. The van der Waals surface area contributed by atoms with Crippen LogP contribution in [0.25, 0.3) is 0 Å². The number of thiophene rings is 1. The molecule has 2 aromatic heterocycles. The molecule has 0 radical (unpaired) electrons. The predicted octanol–water partition coefficient (Wildman–Crippen LogP) is 3.58. The first-order chi connectivity index (χ1) is 9.95. The minimum Gasteiger partial charge on any atom is -0.464 e. The number of hydrogen-bond acceptors (Lipinski definition) is 4. The highest BCUT2D eigenvalue weighted by Gasteiger charge is 2.15. The van der Waals surface area contributed by atoms with E-state index in [4.69, 9.17) is 4.42 Å². The molecule has 0 aliphatic rings. The van der Waals surface area contributed by atoms with Gasteiger partial charge in [0.15, 0.2) is 5.78 Å². The molecule has 0 aliphatic heterocycles. The average Bonchev–Trinajstić information content (AvgIpc) is 3.04. The van der Waals surface area contributed by atoms with Crippen LogP contribution in [0.3, 0.4) is 0 Å². The van der Waals surface area contributed by atoms with E-state index >= 15 is 0 Å². The molecule has 4 nitrogen and oxygen atoms in total. The van der Waals surface area contributed by atoms with E-state index in [1.807, 2.05) is 38.1 Å². The first-order valence-electron chi connectivity index (χ1n) is 6.84. The SMILES string of the molecule is Cc1ccc(CN(C)C(=O)CCC(=O)c2ccc(C)s2)o1. The molecule has 0 fully saturated rings. The van der Waals surface area contributed by atoms with E-state index in [0.717, 1.165) is 21.3 Å². The van der Waals surface area contributed by atoms with Gasteiger partial charge < -0.3 is 9.32 Å². The fourth-order valence-electron chi connectivity index (χ4n) is 2.01. The molecule has 1 amide bonds. The molecule has 5 heteroatoms. The van der Waals surface area contributed by atoms with Crippen LogP contribution in [0.4, 0.5) is 0 Å². The van der Waals surface area contributed by atoms with Crippen LogP contribution < -0.4 is 0 Å². The first kappa shape index (κ1) is 15.5. The monoisotopic (exact) mass is 305 g/mol. The number of Topliss-reactive ketones (excluding diaryl/α,β-unsaturated/α-hetero) is 1. The lowest BCUT2D eigenvalue weighted by atomic mass is 10.2. The van der Waals surface area contributed by atoms with E-state index in [9.17, 15) is 9.59 Å². The van der Waals surface area contributed by atoms with E-state index in [2.05, 4.69) is 0 Å². The quantitative estimate of drug-likeness (QED) is 0.766. The van der Waals surface area contributed by atoms with Gasteiger partial charge in [-0.3, -0.25) is 9.59 Å². The maximum atomic E-state index is 12.0. The second-order valence-electron chi connectivity index (χ2n) is 5.10. The Morgan fingerprint density at radius 1 is 1.14 bits per heavy atom. The number of nitrogens with zero attached hydrogens (tertiary/aromatic N) is 1. The second-order valence-corrected chi connectivity index (χ2v) is 6.38. The van der Waals surface area contributed by atoms with Crippen molar-refractivity contribution < 1.29 is 14.0 Å². The fourth-order valence-corrected chi connectivity index (χ4v) is 2.85. The number of hydrogen-bond donors (Lipinski definition) is 0. The summed E-state index contributed by atoms with van der Waals surface area (Å²) < 4.78 is 5.44. The van der Waals surface area contributed by atoms with Crippen LogP contribution >= 0.6 is 11.3 Å².